The van der Waals surface area contributed by atoms with Crippen LogP contribution < -0.4 is 0 Å². The molecular formula is C18H27NO3. The van der Waals surface area contributed by atoms with Crippen molar-refractivity contribution < 1.29 is 14.6 Å². The van der Waals surface area contributed by atoms with Gasteiger partial charge in [-0.05, 0) is 57.1 Å². The zero-order valence-corrected chi connectivity index (χ0v) is 13.8. The van der Waals surface area contributed by atoms with Crippen LogP contribution in [0.25, 0.3) is 0 Å². The van der Waals surface area contributed by atoms with Crippen LogP contribution in [0.2, 0.25) is 0 Å². The predicted octanol–water partition coefficient (Wildman–Crippen LogP) is 3.37. The molecule has 122 valence electrons. The smallest absolute Gasteiger partial charge is 0.410 e. The zero-order valence-electron chi connectivity index (χ0n) is 13.8. The van der Waals surface area contributed by atoms with Gasteiger partial charge in [-0.1, -0.05) is 24.3 Å². The first-order chi connectivity index (χ1) is 10.4. The van der Waals surface area contributed by atoms with Gasteiger partial charge in [-0.3, -0.25) is 0 Å². The molecule has 4 heteroatoms. The molecule has 0 aromatic heterocycles. The van der Waals surface area contributed by atoms with Crippen LogP contribution in [0.3, 0.4) is 0 Å². The second kappa shape index (κ2) is 7.14. The third-order valence-electron chi connectivity index (χ3n) is 4.00. The minimum absolute atomic E-state index is 0.0918. The van der Waals surface area contributed by atoms with E-state index in [4.69, 9.17) is 9.84 Å². The number of amides is 1. The topological polar surface area (TPSA) is 49.8 Å². The minimum Gasteiger partial charge on any atom is -0.444 e. The van der Waals surface area contributed by atoms with Crippen molar-refractivity contribution in [1.82, 2.24) is 4.90 Å². The Bertz CT molecular complexity index is 482. The summed E-state index contributed by atoms with van der Waals surface area (Å²) >= 11 is 0. The Balaban J connectivity index is 1.80. The molecule has 0 radical (unpaired) electrons. The van der Waals surface area contributed by atoms with E-state index in [2.05, 4.69) is 12.1 Å². The zero-order chi connectivity index (χ0) is 16.2. The quantitative estimate of drug-likeness (QED) is 0.931. The summed E-state index contributed by atoms with van der Waals surface area (Å²) in [5.41, 5.74) is 1.82. The summed E-state index contributed by atoms with van der Waals surface area (Å²) in [6, 6.07) is 8.13. The SMILES string of the molecule is CC(C)(C)OC(=O)N1CCC(Cc2ccc(CO)cc2)CC1. The van der Waals surface area contributed by atoms with Gasteiger partial charge >= 0.3 is 6.09 Å². The van der Waals surface area contributed by atoms with Crippen LogP contribution in [-0.4, -0.2) is 34.8 Å². The molecule has 0 saturated carbocycles. The molecule has 1 aliphatic rings. The van der Waals surface area contributed by atoms with Gasteiger partial charge in [0.1, 0.15) is 5.60 Å². The molecule has 1 fully saturated rings. The number of aliphatic hydroxyl groups excluding tert-OH is 1. The Labute approximate surface area is 133 Å². The van der Waals surface area contributed by atoms with Crippen LogP contribution in [-0.2, 0) is 17.8 Å². The van der Waals surface area contributed by atoms with Crippen LogP contribution in [0.4, 0.5) is 4.79 Å². The largest absolute Gasteiger partial charge is 0.444 e. The van der Waals surface area contributed by atoms with E-state index < -0.39 is 5.60 Å². The minimum atomic E-state index is -0.428. The molecule has 2 rings (SSSR count). The molecular weight excluding hydrogens is 278 g/mol. The highest BCUT2D eigenvalue weighted by Gasteiger charge is 2.26. The molecule has 1 amide bonds. The number of rotatable bonds is 3. The van der Waals surface area contributed by atoms with Gasteiger partial charge in [0.05, 0.1) is 6.61 Å². The summed E-state index contributed by atoms with van der Waals surface area (Å²) < 4.78 is 5.42. The van der Waals surface area contributed by atoms with Crippen molar-refractivity contribution in [3.63, 3.8) is 0 Å². The Kier molecular flexibility index (Phi) is 5.46. The van der Waals surface area contributed by atoms with E-state index in [0.29, 0.717) is 5.92 Å². The number of aliphatic hydroxyl groups is 1. The van der Waals surface area contributed by atoms with Crippen molar-refractivity contribution in [2.45, 2.75) is 52.2 Å². The summed E-state index contributed by atoms with van der Waals surface area (Å²) in [6.45, 7) is 7.33. The van der Waals surface area contributed by atoms with Gasteiger partial charge in [0.2, 0.25) is 0 Å². The van der Waals surface area contributed by atoms with Gasteiger partial charge in [-0.25, -0.2) is 4.79 Å². The van der Waals surface area contributed by atoms with Gasteiger partial charge in [0.15, 0.2) is 0 Å². The Morgan fingerprint density at radius 1 is 1.18 bits per heavy atom. The Morgan fingerprint density at radius 3 is 2.23 bits per heavy atom. The standard InChI is InChI=1S/C18H27NO3/c1-18(2,3)22-17(21)19-10-8-15(9-11-19)12-14-4-6-16(13-20)7-5-14/h4-7,15,20H,8-13H2,1-3H3. The van der Waals surface area contributed by atoms with E-state index in [-0.39, 0.29) is 12.7 Å². The van der Waals surface area contributed by atoms with E-state index in [1.165, 1.54) is 5.56 Å². The monoisotopic (exact) mass is 305 g/mol. The fourth-order valence-electron chi connectivity index (χ4n) is 2.76. The van der Waals surface area contributed by atoms with Crippen LogP contribution in [0.1, 0.15) is 44.7 Å². The van der Waals surface area contributed by atoms with E-state index in [0.717, 1.165) is 37.9 Å². The molecule has 1 heterocycles. The highest BCUT2D eigenvalue weighted by Crippen LogP contribution is 2.23. The predicted molar refractivity (Wildman–Crippen MR) is 86.6 cm³/mol. The van der Waals surface area contributed by atoms with Crippen molar-refractivity contribution in [1.29, 1.82) is 0 Å². The van der Waals surface area contributed by atoms with Crippen molar-refractivity contribution in [3.05, 3.63) is 35.4 Å². The maximum Gasteiger partial charge on any atom is 0.410 e. The molecule has 0 aliphatic carbocycles. The summed E-state index contributed by atoms with van der Waals surface area (Å²) in [4.78, 5) is 13.8. The molecule has 0 atom stereocenters. The van der Waals surface area contributed by atoms with Crippen molar-refractivity contribution in [2.24, 2.45) is 5.92 Å². The van der Waals surface area contributed by atoms with E-state index >= 15 is 0 Å². The number of carbonyl (C=O) groups excluding carboxylic acids is 1. The maximum atomic E-state index is 12.0. The van der Waals surface area contributed by atoms with Crippen LogP contribution in [0, 0.1) is 5.92 Å². The maximum absolute atomic E-state index is 12.0. The number of benzene rings is 1. The summed E-state index contributed by atoms with van der Waals surface area (Å²) in [5.74, 6) is 0.610. The lowest BCUT2D eigenvalue weighted by Gasteiger charge is -2.33. The second-order valence-electron chi connectivity index (χ2n) is 7.09. The summed E-state index contributed by atoms with van der Waals surface area (Å²) in [6.07, 6.45) is 2.87. The van der Waals surface area contributed by atoms with Crippen molar-refractivity contribution in [3.8, 4) is 0 Å². The average Bonchev–Trinajstić information content (AvgIpc) is 2.47. The number of hydrogen-bond donors (Lipinski definition) is 1. The van der Waals surface area contributed by atoms with Gasteiger partial charge in [-0.15, -0.1) is 0 Å². The molecule has 4 nitrogen and oxygen atoms in total. The summed E-state index contributed by atoms with van der Waals surface area (Å²) in [5, 5.41) is 9.06. The van der Waals surface area contributed by atoms with E-state index in [1.54, 1.807) is 0 Å². The van der Waals surface area contributed by atoms with Crippen molar-refractivity contribution in [2.75, 3.05) is 13.1 Å². The molecule has 1 aromatic carbocycles. The van der Waals surface area contributed by atoms with Crippen LogP contribution in [0.5, 0.6) is 0 Å². The fraction of sp³-hybridized carbons (Fsp3) is 0.611. The molecule has 0 spiro atoms. The van der Waals surface area contributed by atoms with Crippen LogP contribution in [0.15, 0.2) is 24.3 Å². The second-order valence-corrected chi connectivity index (χ2v) is 7.09. The highest BCUT2D eigenvalue weighted by molar-refractivity contribution is 5.68. The molecule has 1 aromatic rings. The fourth-order valence-corrected chi connectivity index (χ4v) is 2.76. The molecule has 1 N–H and O–H groups in total. The Hall–Kier alpha value is -1.55. The van der Waals surface area contributed by atoms with Gasteiger partial charge < -0.3 is 14.7 Å². The number of ether oxygens (including phenoxy) is 1. The number of carbonyl (C=O) groups is 1. The Morgan fingerprint density at radius 2 is 1.73 bits per heavy atom. The lowest BCUT2D eigenvalue weighted by atomic mass is 9.90. The van der Waals surface area contributed by atoms with Crippen LogP contribution >= 0.6 is 0 Å². The molecule has 1 saturated heterocycles. The lowest BCUT2D eigenvalue weighted by Crippen LogP contribution is -2.42. The number of piperidine rings is 1. The molecule has 0 unspecified atom stereocenters. The third-order valence-corrected chi connectivity index (χ3v) is 4.00. The number of hydrogen-bond acceptors (Lipinski definition) is 3. The van der Waals surface area contributed by atoms with Crippen molar-refractivity contribution >= 4 is 6.09 Å². The first kappa shape index (κ1) is 16.8. The normalized spacial score (nSPS) is 16.6. The number of likely N-dealkylation sites (tertiary alicyclic amines) is 1. The average molecular weight is 305 g/mol. The first-order valence-corrected chi connectivity index (χ1v) is 8.04. The number of nitrogens with zero attached hydrogens (tertiary/aromatic N) is 1. The third kappa shape index (κ3) is 5.02. The summed E-state index contributed by atoms with van der Waals surface area (Å²) in [7, 11) is 0. The molecule has 1 aliphatic heterocycles. The lowest BCUT2D eigenvalue weighted by molar-refractivity contribution is 0.0184. The van der Waals surface area contributed by atoms with Gasteiger partial charge in [0, 0.05) is 13.1 Å². The van der Waals surface area contributed by atoms with Gasteiger partial charge in [-0.2, -0.15) is 0 Å². The molecule has 22 heavy (non-hydrogen) atoms. The van der Waals surface area contributed by atoms with Gasteiger partial charge in [0.25, 0.3) is 0 Å². The highest BCUT2D eigenvalue weighted by atomic mass is 16.6. The first-order valence-electron chi connectivity index (χ1n) is 8.04. The molecule has 0 bridgehead atoms. The van der Waals surface area contributed by atoms with E-state index in [1.807, 2.05) is 37.8 Å². The van der Waals surface area contributed by atoms with E-state index in [9.17, 15) is 4.79 Å².